The van der Waals surface area contributed by atoms with E-state index in [2.05, 4.69) is 16.5 Å². The van der Waals surface area contributed by atoms with Crippen molar-refractivity contribution in [1.82, 2.24) is 10.2 Å². The van der Waals surface area contributed by atoms with Gasteiger partial charge in [-0.15, -0.1) is 12.4 Å². The lowest BCUT2D eigenvalue weighted by atomic mass is 9.98. The summed E-state index contributed by atoms with van der Waals surface area (Å²) in [6, 6.07) is 0.256. The van der Waals surface area contributed by atoms with Gasteiger partial charge in [-0.2, -0.15) is 11.8 Å². The minimum absolute atomic E-state index is 0. The van der Waals surface area contributed by atoms with Crippen LogP contribution in [0.4, 0.5) is 0 Å². The highest BCUT2D eigenvalue weighted by molar-refractivity contribution is 7.98. The van der Waals surface area contributed by atoms with Gasteiger partial charge in [0.2, 0.25) is 5.91 Å². The summed E-state index contributed by atoms with van der Waals surface area (Å²) in [5.41, 5.74) is 0. The van der Waals surface area contributed by atoms with Crippen LogP contribution in [0.3, 0.4) is 0 Å². The number of carbonyl (C=O) groups is 1. The average molecular weight is 309 g/mol. The number of likely N-dealkylation sites (tertiary alicyclic amines) is 1. The summed E-state index contributed by atoms with van der Waals surface area (Å²) in [6.45, 7) is 2.83. The lowest BCUT2D eigenvalue weighted by Crippen LogP contribution is -2.42. The topological polar surface area (TPSA) is 52.6 Å². The highest BCUT2D eigenvalue weighted by atomic mass is 35.5. The van der Waals surface area contributed by atoms with Gasteiger partial charge in [0, 0.05) is 19.1 Å². The molecule has 4 nitrogen and oxygen atoms in total. The van der Waals surface area contributed by atoms with Crippen LogP contribution >= 0.6 is 24.2 Å². The van der Waals surface area contributed by atoms with E-state index in [0.717, 1.165) is 25.6 Å². The number of hydrogen-bond donors (Lipinski definition) is 2. The standard InChI is InChI=1S/C13H24N2O2S.ClH/c1-18-6-2-5-15-7-11(10-3-4-10)12(8-15)14-13(17)9-16;/h10-12,16H,2-9H2,1H3,(H,14,17);1H/t11-,12+;/m1./s1. The first-order chi connectivity index (χ1) is 8.74. The van der Waals surface area contributed by atoms with Gasteiger partial charge in [-0.3, -0.25) is 4.79 Å². The van der Waals surface area contributed by atoms with Crippen molar-refractivity contribution in [3.8, 4) is 0 Å². The molecule has 2 N–H and O–H groups in total. The molecular formula is C13H25ClN2O2S. The summed E-state index contributed by atoms with van der Waals surface area (Å²) in [7, 11) is 0. The van der Waals surface area contributed by atoms with Gasteiger partial charge >= 0.3 is 0 Å². The van der Waals surface area contributed by atoms with Crippen LogP contribution in [0.5, 0.6) is 0 Å². The molecule has 2 aliphatic rings. The van der Waals surface area contributed by atoms with Crippen molar-refractivity contribution in [2.75, 3.05) is 38.2 Å². The normalized spacial score (nSPS) is 27.1. The van der Waals surface area contributed by atoms with Gasteiger partial charge in [-0.05, 0) is 49.7 Å². The molecule has 0 unspecified atom stereocenters. The van der Waals surface area contributed by atoms with Crippen LogP contribution in [0.15, 0.2) is 0 Å². The maximum Gasteiger partial charge on any atom is 0.245 e. The van der Waals surface area contributed by atoms with E-state index in [1.807, 2.05) is 11.8 Å². The summed E-state index contributed by atoms with van der Waals surface area (Å²) in [4.78, 5) is 13.8. The lowest BCUT2D eigenvalue weighted by Gasteiger charge is -2.18. The molecule has 1 heterocycles. The minimum atomic E-state index is -0.389. The minimum Gasteiger partial charge on any atom is -0.387 e. The van der Waals surface area contributed by atoms with Gasteiger partial charge in [-0.25, -0.2) is 0 Å². The molecule has 0 radical (unpaired) electrons. The van der Waals surface area contributed by atoms with E-state index in [1.165, 1.54) is 25.0 Å². The number of rotatable bonds is 7. The monoisotopic (exact) mass is 308 g/mol. The largest absolute Gasteiger partial charge is 0.387 e. The molecule has 2 fully saturated rings. The zero-order chi connectivity index (χ0) is 13.0. The Hall–Kier alpha value is 0.0300. The van der Waals surface area contributed by atoms with Crippen LogP contribution in [0, 0.1) is 11.8 Å². The molecule has 1 saturated heterocycles. The fourth-order valence-electron chi connectivity index (χ4n) is 2.94. The molecule has 1 aliphatic carbocycles. The molecule has 1 amide bonds. The van der Waals surface area contributed by atoms with Crippen LogP contribution < -0.4 is 5.32 Å². The SMILES string of the molecule is CSCCCN1C[C@H](NC(=O)CO)[C@@H](C2CC2)C1.Cl. The Kier molecular flexibility index (Phi) is 7.50. The van der Waals surface area contributed by atoms with Gasteiger partial charge < -0.3 is 15.3 Å². The van der Waals surface area contributed by atoms with Crippen LogP contribution in [-0.2, 0) is 4.79 Å². The van der Waals surface area contributed by atoms with Crippen LogP contribution in [0.1, 0.15) is 19.3 Å². The molecule has 0 aromatic heterocycles. The Bertz CT molecular complexity index is 290. The number of halogens is 1. The molecule has 0 aromatic rings. The first kappa shape index (κ1) is 17.1. The summed E-state index contributed by atoms with van der Waals surface area (Å²) in [6.07, 6.45) is 5.99. The van der Waals surface area contributed by atoms with Crippen molar-refractivity contribution in [1.29, 1.82) is 0 Å². The first-order valence-corrected chi connectivity index (χ1v) is 8.25. The fraction of sp³-hybridized carbons (Fsp3) is 0.923. The van der Waals surface area contributed by atoms with Crippen molar-refractivity contribution >= 4 is 30.1 Å². The third kappa shape index (κ3) is 5.14. The van der Waals surface area contributed by atoms with Gasteiger partial charge in [0.1, 0.15) is 6.61 Å². The molecule has 2 rings (SSSR count). The second-order valence-corrected chi connectivity index (χ2v) is 6.42. The molecular weight excluding hydrogens is 284 g/mol. The Morgan fingerprint density at radius 3 is 2.74 bits per heavy atom. The quantitative estimate of drug-likeness (QED) is 0.689. The molecule has 2 atom stereocenters. The molecule has 1 aliphatic heterocycles. The van der Waals surface area contributed by atoms with E-state index in [1.54, 1.807) is 0 Å². The summed E-state index contributed by atoms with van der Waals surface area (Å²) in [5, 5.41) is 11.8. The first-order valence-electron chi connectivity index (χ1n) is 6.86. The summed E-state index contributed by atoms with van der Waals surface area (Å²) in [5.74, 6) is 2.39. The number of nitrogens with zero attached hydrogens (tertiary/aromatic N) is 1. The molecule has 0 spiro atoms. The Morgan fingerprint density at radius 1 is 1.42 bits per heavy atom. The number of aliphatic hydroxyl groups excluding tert-OH is 1. The van der Waals surface area contributed by atoms with E-state index in [0.29, 0.717) is 5.92 Å². The lowest BCUT2D eigenvalue weighted by molar-refractivity contribution is -0.124. The third-order valence-electron chi connectivity index (χ3n) is 3.98. The molecule has 6 heteroatoms. The highest BCUT2D eigenvalue weighted by Gasteiger charge is 2.42. The fourth-order valence-corrected chi connectivity index (χ4v) is 3.35. The predicted molar refractivity (Wildman–Crippen MR) is 81.9 cm³/mol. The van der Waals surface area contributed by atoms with Crippen LogP contribution in [0.25, 0.3) is 0 Å². The predicted octanol–water partition coefficient (Wildman–Crippen LogP) is 0.980. The Balaban J connectivity index is 0.00000180. The number of amides is 1. The maximum atomic E-state index is 11.3. The number of nitrogens with one attached hydrogen (secondary N) is 1. The van der Waals surface area contributed by atoms with Gasteiger partial charge in [0.25, 0.3) is 0 Å². The van der Waals surface area contributed by atoms with E-state index in [-0.39, 0.29) is 31.0 Å². The van der Waals surface area contributed by atoms with Crippen molar-refractivity contribution in [2.45, 2.75) is 25.3 Å². The van der Waals surface area contributed by atoms with Crippen molar-refractivity contribution in [3.05, 3.63) is 0 Å². The van der Waals surface area contributed by atoms with Crippen molar-refractivity contribution in [3.63, 3.8) is 0 Å². The third-order valence-corrected chi connectivity index (χ3v) is 4.68. The molecule has 0 bridgehead atoms. The van der Waals surface area contributed by atoms with Gasteiger partial charge in [0.15, 0.2) is 0 Å². The van der Waals surface area contributed by atoms with E-state index in [9.17, 15) is 4.79 Å². The maximum absolute atomic E-state index is 11.3. The summed E-state index contributed by atoms with van der Waals surface area (Å²) >= 11 is 1.89. The van der Waals surface area contributed by atoms with Crippen LogP contribution in [0.2, 0.25) is 0 Å². The van der Waals surface area contributed by atoms with E-state index in [4.69, 9.17) is 5.11 Å². The molecule has 0 aromatic carbocycles. The smallest absolute Gasteiger partial charge is 0.245 e. The van der Waals surface area contributed by atoms with Crippen molar-refractivity contribution in [2.24, 2.45) is 11.8 Å². The van der Waals surface area contributed by atoms with E-state index < -0.39 is 0 Å². The zero-order valence-electron chi connectivity index (χ0n) is 11.5. The van der Waals surface area contributed by atoms with Gasteiger partial charge in [0.05, 0.1) is 0 Å². The number of hydrogen-bond acceptors (Lipinski definition) is 4. The zero-order valence-corrected chi connectivity index (χ0v) is 13.1. The number of thioether (sulfide) groups is 1. The highest BCUT2D eigenvalue weighted by Crippen LogP contribution is 2.41. The van der Waals surface area contributed by atoms with Gasteiger partial charge in [-0.1, -0.05) is 0 Å². The molecule has 1 saturated carbocycles. The second-order valence-electron chi connectivity index (χ2n) is 5.44. The van der Waals surface area contributed by atoms with E-state index >= 15 is 0 Å². The number of carbonyl (C=O) groups excluding carboxylic acids is 1. The molecule has 19 heavy (non-hydrogen) atoms. The Labute approximate surface area is 126 Å². The second kappa shape index (κ2) is 8.35. The summed E-state index contributed by atoms with van der Waals surface area (Å²) < 4.78 is 0. The molecule has 112 valence electrons. The number of aliphatic hydroxyl groups is 1. The Morgan fingerprint density at radius 2 is 2.16 bits per heavy atom. The van der Waals surface area contributed by atoms with Crippen LogP contribution in [-0.4, -0.2) is 60.2 Å². The average Bonchev–Trinajstić information content (AvgIpc) is 3.13. The van der Waals surface area contributed by atoms with Crippen molar-refractivity contribution < 1.29 is 9.90 Å².